The molecule has 0 saturated carbocycles. The largest absolute Gasteiger partial charge is 0.380 e. The number of hydrogen-bond donors (Lipinski definition) is 2. The van der Waals surface area contributed by atoms with E-state index in [1.165, 1.54) is 12.8 Å². The maximum absolute atomic E-state index is 5.10. The molecule has 0 bridgehead atoms. The van der Waals surface area contributed by atoms with Crippen molar-refractivity contribution >= 4 is 0 Å². The van der Waals surface area contributed by atoms with Crippen LogP contribution in [0.15, 0.2) is 0 Å². The Balaban J connectivity index is 2.90. The maximum atomic E-state index is 5.10. The number of methoxy groups -OCH3 is 1. The topological polar surface area (TPSA) is 33.3 Å². The van der Waals surface area contributed by atoms with Crippen molar-refractivity contribution in [3.63, 3.8) is 0 Å². The van der Waals surface area contributed by atoms with Gasteiger partial charge in [0.1, 0.15) is 0 Å². The van der Waals surface area contributed by atoms with Gasteiger partial charge in [-0.05, 0) is 39.9 Å². The Labute approximate surface area is 75.9 Å². The van der Waals surface area contributed by atoms with Crippen LogP contribution in [0.3, 0.4) is 0 Å². The molecular formula is C9H22N2O. The number of hydrogen-bond acceptors (Lipinski definition) is 3. The fourth-order valence-corrected chi connectivity index (χ4v) is 0.940. The highest BCUT2D eigenvalue weighted by atomic mass is 16.5. The standard InChI is InChI=1S/C9H22N2O/c1-9(12-3)8-11-7-5-4-6-10-2/h9-11H,4-8H2,1-3H3. The minimum Gasteiger partial charge on any atom is -0.380 e. The normalized spacial score (nSPS) is 13.2. The zero-order valence-electron chi connectivity index (χ0n) is 8.52. The molecule has 0 heterocycles. The fourth-order valence-electron chi connectivity index (χ4n) is 0.940. The number of ether oxygens (including phenoxy) is 1. The Morgan fingerprint density at radius 2 is 1.92 bits per heavy atom. The zero-order chi connectivity index (χ0) is 9.23. The minimum absolute atomic E-state index is 0.328. The highest BCUT2D eigenvalue weighted by Gasteiger charge is 1.96. The van der Waals surface area contributed by atoms with E-state index in [1.54, 1.807) is 7.11 Å². The van der Waals surface area contributed by atoms with E-state index in [-0.39, 0.29) is 0 Å². The van der Waals surface area contributed by atoms with E-state index in [1.807, 2.05) is 7.05 Å². The summed E-state index contributed by atoms with van der Waals surface area (Å²) in [5.74, 6) is 0. The summed E-state index contributed by atoms with van der Waals surface area (Å²) in [4.78, 5) is 0. The van der Waals surface area contributed by atoms with Gasteiger partial charge in [0.05, 0.1) is 6.10 Å². The summed E-state index contributed by atoms with van der Waals surface area (Å²) in [6, 6.07) is 0. The highest BCUT2D eigenvalue weighted by molar-refractivity contribution is 4.54. The first-order valence-electron chi connectivity index (χ1n) is 4.69. The van der Waals surface area contributed by atoms with Crippen LogP contribution < -0.4 is 10.6 Å². The van der Waals surface area contributed by atoms with Crippen molar-refractivity contribution in [2.45, 2.75) is 25.9 Å². The monoisotopic (exact) mass is 174 g/mol. The van der Waals surface area contributed by atoms with Crippen LogP contribution in [-0.2, 0) is 4.74 Å². The fraction of sp³-hybridized carbons (Fsp3) is 1.00. The lowest BCUT2D eigenvalue weighted by molar-refractivity contribution is 0.117. The van der Waals surface area contributed by atoms with E-state index in [0.717, 1.165) is 19.6 Å². The van der Waals surface area contributed by atoms with Gasteiger partial charge in [-0.15, -0.1) is 0 Å². The molecule has 0 amide bonds. The molecule has 0 aromatic rings. The molecule has 0 spiro atoms. The Bertz CT molecular complexity index is 88.6. The lowest BCUT2D eigenvalue weighted by Crippen LogP contribution is -2.27. The van der Waals surface area contributed by atoms with Crippen molar-refractivity contribution < 1.29 is 4.74 Å². The molecule has 0 aliphatic carbocycles. The molecule has 0 aliphatic rings. The van der Waals surface area contributed by atoms with Crippen molar-refractivity contribution in [1.29, 1.82) is 0 Å². The molecule has 0 aliphatic heterocycles. The first-order valence-corrected chi connectivity index (χ1v) is 4.69. The first-order chi connectivity index (χ1) is 5.81. The average molecular weight is 174 g/mol. The van der Waals surface area contributed by atoms with Crippen LogP contribution in [0.4, 0.5) is 0 Å². The second-order valence-corrected chi connectivity index (χ2v) is 3.06. The number of nitrogens with one attached hydrogen (secondary N) is 2. The molecule has 0 fully saturated rings. The Hall–Kier alpha value is -0.120. The van der Waals surface area contributed by atoms with E-state index >= 15 is 0 Å². The Morgan fingerprint density at radius 3 is 2.50 bits per heavy atom. The van der Waals surface area contributed by atoms with E-state index in [2.05, 4.69) is 17.6 Å². The summed E-state index contributed by atoms with van der Waals surface area (Å²) < 4.78 is 5.10. The highest BCUT2D eigenvalue weighted by Crippen LogP contribution is 1.86. The van der Waals surface area contributed by atoms with E-state index < -0.39 is 0 Å². The SMILES string of the molecule is CNCCCCNCC(C)OC. The van der Waals surface area contributed by atoms with Gasteiger partial charge in [-0.2, -0.15) is 0 Å². The lowest BCUT2D eigenvalue weighted by atomic mass is 10.3. The predicted octanol–water partition coefficient (Wildman–Crippen LogP) is 0.610. The Morgan fingerprint density at radius 1 is 1.25 bits per heavy atom. The molecule has 1 unspecified atom stereocenters. The minimum atomic E-state index is 0.328. The van der Waals surface area contributed by atoms with Gasteiger partial charge >= 0.3 is 0 Å². The van der Waals surface area contributed by atoms with Gasteiger partial charge in [-0.25, -0.2) is 0 Å². The van der Waals surface area contributed by atoms with E-state index in [0.29, 0.717) is 6.10 Å². The van der Waals surface area contributed by atoms with Gasteiger partial charge in [-0.1, -0.05) is 0 Å². The molecule has 3 nitrogen and oxygen atoms in total. The molecule has 0 aromatic carbocycles. The van der Waals surface area contributed by atoms with Crippen LogP contribution in [-0.4, -0.2) is 39.9 Å². The number of unbranched alkanes of at least 4 members (excludes halogenated alkanes) is 1. The smallest absolute Gasteiger partial charge is 0.0667 e. The second-order valence-electron chi connectivity index (χ2n) is 3.06. The van der Waals surface area contributed by atoms with Crippen molar-refractivity contribution in [2.75, 3.05) is 33.8 Å². The number of rotatable bonds is 8. The first kappa shape index (κ1) is 11.9. The second kappa shape index (κ2) is 8.97. The van der Waals surface area contributed by atoms with Gasteiger partial charge in [0, 0.05) is 13.7 Å². The molecule has 0 rings (SSSR count). The van der Waals surface area contributed by atoms with Crippen LogP contribution >= 0.6 is 0 Å². The Kier molecular flexibility index (Phi) is 8.88. The predicted molar refractivity (Wildman–Crippen MR) is 52.5 cm³/mol. The molecular weight excluding hydrogens is 152 g/mol. The molecule has 1 atom stereocenters. The van der Waals surface area contributed by atoms with Gasteiger partial charge in [0.15, 0.2) is 0 Å². The molecule has 0 saturated heterocycles. The summed E-state index contributed by atoms with van der Waals surface area (Å²) in [7, 11) is 3.73. The van der Waals surface area contributed by atoms with Crippen molar-refractivity contribution in [2.24, 2.45) is 0 Å². The van der Waals surface area contributed by atoms with Crippen LogP contribution in [0.1, 0.15) is 19.8 Å². The summed E-state index contributed by atoms with van der Waals surface area (Å²) in [6.07, 6.45) is 2.80. The molecule has 12 heavy (non-hydrogen) atoms. The van der Waals surface area contributed by atoms with Crippen molar-refractivity contribution in [3.05, 3.63) is 0 Å². The third-order valence-corrected chi connectivity index (χ3v) is 1.86. The third-order valence-electron chi connectivity index (χ3n) is 1.86. The summed E-state index contributed by atoms with van der Waals surface area (Å²) in [5.41, 5.74) is 0. The average Bonchev–Trinajstić information content (AvgIpc) is 2.10. The molecule has 3 heteroatoms. The molecule has 2 N–H and O–H groups in total. The van der Waals surface area contributed by atoms with Gasteiger partial charge in [0.25, 0.3) is 0 Å². The maximum Gasteiger partial charge on any atom is 0.0667 e. The van der Waals surface area contributed by atoms with Crippen molar-refractivity contribution in [1.82, 2.24) is 10.6 Å². The third kappa shape index (κ3) is 7.98. The van der Waals surface area contributed by atoms with Crippen LogP contribution in [0.5, 0.6) is 0 Å². The zero-order valence-corrected chi connectivity index (χ0v) is 8.52. The van der Waals surface area contributed by atoms with E-state index in [4.69, 9.17) is 4.74 Å². The van der Waals surface area contributed by atoms with Crippen LogP contribution in [0, 0.1) is 0 Å². The molecule has 74 valence electrons. The van der Waals surface area contributed by atoms with Crippen LogP contribution in [0.2, 0.25) is 0 Å². The quantitative estimate of drug-likeness (QED) is 0.529. The lowest BCUT2D eigenvalue weighted by Gasteiger charge is -2.10. The van der Waals surface area contributed by atoms with Gasteiger partial charge < -0.3 is 15.4 Å². The molecule has 0 radical (unpaired) electrons. The van der Waals surface area contributed by atoms with Crippen LogP contribution in [0.25, 0.3) is 0 Å². The van der Waals surface area contributed by atoms with Crippen molar-refractivity contribution in [3.8, 4) is 0 Å². The summed E-state index contributed by atoms with van der Waals surface area (Å²) >= 11 is 0. The molecule has 0 aromatic heterocycles. The summed E-state index contributed by atoms with van der Waals surface area (Å²) in [5, 5.41) is 6.47. The van der Waals surface area contributed by atoms with Gasteiger partial charge in [0.2, 0.25) is 0 Å². The van der Waals surface area contributed by atoms with E-state index in [9.17, 15) is 0 Å². The van der Waals surface area contributed by atoms with Gasteiger partial charge in [-0.3, -0.25) is 0 Å². The summed E-state index contributed by atoms with van der Waals surface area (Å²) in [6.45, 7) is 5.23.